The average Bonchev–Trinajstić information content (AvgIpc) is 2.48. The molecule has 108 valence electrons. The number of anilines is 2. The standard InChI is InChI=1S/C13H18N4O3/c1-14-13(19)17-10-4-2-3-9(7-10)16-12(18)11-8-20-6-5-15-11/h2-4,7,11,15H,5-6,8H2,1H3,(H,16,18)(H2,14,17,19). The number of ether oxygens (including phenoxy) is 1. The van der Waals surface area contributed by atoms with E-state index >= 15 is 0 Å². The highest BCUT2D eigenvalue weighted by Crippen LogP contribution is 2.15. The largest absolute Gasteiger partial charge is 0.378 e. The Morgan fingerprint density at radius 3 is 2.70 bits per heavy atom. The van der Waals surface area contributed by atoms with Crippen LogP contribution in [-0.2, 0) is 9.53 Å². The number of hydrogen-bond donors (Lipinski definition) is 4. The van der Waals surface area contributed by atoms with E-state index in [0.29, 0.717) is 31.1 Å². The van der Waals surface area contributed by atoms with Crippen LogP contribution in [0.2, 0.25) is 0 Å². The van der Waals surface area contributed by atoms with Crippen LogP contribution in [-0.4, -0.2) is 44.8 Å². The maximum atomic E-state index is 12.0. The van der Waals surface area contributed by atoms with Gasteiger partial charge in [-0.1, -0.05) is 6.07 Å². The minimum atomic E-state index is -0.348. The minimum absolute atomic E-state index is 0.151. The smallest absolute Gasteiger partial charge is 0.318 e. The van der Waals surface area contributed by atoms with Crippen LogP contribution in [0.4, 0.5) is 16.2 Å². The topological polar surface area (TPSA) is 91.5 Å². The van der Waals surface area contributed by atoms with Crippen LogP contribution in [0, 0.1) is 0 Å². The fourth-order valence-electron chi connectivity index (χ4n) is 1.83. The van der Waals surface area contributed by atoms with E-state index in [2.05, 4.69) is 21.3 Å². The molecule has 7 heteroatoms. The maximum Gasteiger partial charge on any atom is 0.318 e. The Morgan fingerprint density at radius 1 is 1.30 bits per heavy atom. The van der Waals surface area contributed by atoms with Crippen LogP contribution >= 0.6 is 0 Å². The molecule has 2 rings (SSSR count). The van der Waals surface area contributed by atoms with Gasteiger partial charge in [0.05, 0.1) is 13.2 Å². The van der Waals surface area contributed by atoms with Crippen molar-refractivity contribution in [3.05, 3.63) is 24.3 Å². The number of carbonyl (C=O) groups excluding carboxylic acids is 2. The second-order valence-electron chi connectivity index (χ2n) is 4.36. The fraction of sp³-hybridized carbons (Fsp3) is 0.385. The summed E-state index contributed by atoms with van der Waals surface area (Å²) in [5.41, 5.74) is 1.23. The lowest BCUT2D eigenvalue weighted by Crippen LogP contribution is -2.48. The van der Waals surface area contributed by atoms with Gasteiger partial charge in [0.1, 0.15) is 6.04 Å². The van der Waals surface area contributed by atoms with E-state index in [1.807, 2.05) is 0 Å². The van der Waals surface area contributed by atoms with Crippen molar-refractivity contribution >= 4 is 23.3 Å². The first kappa shape index (κ1) is 14.3. The fourth-order valence-corrected chi connectivity index (χ4v) is 1.83. The molecule has 3 amide bonds. The maximum absolute atomic E-state index is 12.0. The Balaban J connectivity index is 1.96. The molecular formula is C13H18N4O3. The normalized spacial score (nSPS) is 18.1. The van der Waals surface area contributed by atoms with Gasteiger partial charge in [-0.05, 0) is 18.2 Å². The van der Waals surface area contributed by atoms with Gasteiger partial charge in [0.15, 0.2) is 0 Å². The third-order valence-corrected chi connectivity index (χ3v) is 2.85. The molecule has 20 heavy (non-hydrogen) atoms. The molecule has 0 spiro atoms. The molecule has 1 unspecified atom stereocenters. The van der Waals surface area contributed by atoms with Crippen molar-refractivity contribution in [2.75, 3.05) is 37.4 Å². The van der Waals surface area contributed by atoms with Crippen LogP contribution in [0.25, 0.3) is 0 Å². The van der Waals surface area contributed by atoms with Crippen molar-refractivity contribution in [1.29, 1.82) is 0 Å². The summed E-state index contributed by atoms with van der Waals surface area (Å²) >= 11 is 0. The third kappa shape index (κ3) is 3.94. The Hall–Kier alpha value is -2.12. The molecule has 0 saturated carbocycles. The van der Waals surface area contributed by atoms with Gasteiger partial charge in [-0.15, -0.1) is 0 Å². The number of morpholine rings is 1. The summed E-state index contributed by atoms with van der Waals surface area (Å²) in [6.45, 7) is 1.65. The molecule has 0 bridgehead atoms. The lowest BCUT2D eigenvalue weighted by Gasteiger charge is -2.23. The Morgan fingerprint density at radius 2 is 2.05 bits per heavy atom. The number of rotatable bonds is 3. The zero-order valence-electron chi connectivity index (χ0n) is 11.2. The van der Waals surface area contributed by atoms with Crippen LogP contribution in [0.1, 0.15) is 0 Å². The molecule has 1 aromatic rings. The molecule has 7 nitrogen and oxygen atoms in total. The highest BCUT2D eigenvalue weighted by molar-refractivity contribution is 5.96. The SMILES string of the molecule is CNC(=O)Nc1cccc(NC(=O)C2COCCN2)c1. The lowest BCUT2D eigenvalue weighted by molar-refractivity contribution is -0.120. The number of carbonyl (C=O) groups is 2. The first-order valence-corrected chi connectivity index (χ1v) is 6.40. The van der Waals surface area contributed by atoms with E-state index in [9.17, 15) is 9.59 Å². The molecule has 0 aromatic heterocycles. The Bertz CT molecular complexity index is 486. The van der Waals surface area contributed by atoms with Gasteiger partial charge in [-0.3, -0.25) is 4.79 Å². The molecule has 1 aromatic carbocycles. The predicted molar refractivity (Wildman–Crippen MR) is 75.8 cm³/mol. The molecule has 0 radical (unpaired) electrons. The second-order valence-corrected chi connectivity index (χ2v) is 4.36. The molecule has 0 aliphatic carbocycles. The highest BCUT2D eigenvalue weighted by atomic mass is 16.5. The van der Waals surface area contributed by atoms with Gasteiger partial charge >= 0.3 is 6.03 Å². The van der Waals surface area contributed by atoms with Gasteiger partial charge in [-0.2, -0.15) is 0 Å². The van der Waals surface area contributed by atoms with Crippen LogP contribution in [0.5, 0.6) is 0 Å². The van der Waals surface area contributed by atoms with Crippen LogP contribution < -0.4 is 21.3 Å². The van der Waals surface area contributed by atoms with Crippen LogP contribution in [0.15, 0.2) is 24.3 Å². The summed E-state index contributed by atoms with van der Waals surface area (Å²) in [4.78, 5) is 23.2. The monoisotopic (exact) mass is 278 g/mol. The number of hydrogen-bond acceptors (Lipinski definition) is 4. The average molecular weight is 278 g/mol. The van der Waals surface area contributed by atoms with Gasteiger partial charge < -0.3 is 26.0 Å². The van der Waals surface area contributed by atoms with Crippen molar-refractivity contribution in [2.45, 2.75) is 6.04 Å². The Kier molecular flexibility index (Phi) is 4.91. The predicted octanol–water partition coefficient (Wildman–Crippen LogP) is 0.365. The summed E-state index contributed by atoms with van der Waals surface area (Å²) in [6, 6.07) is 6.29. The number of nitrogens with one attached hydrogen (secondary N) is 4. The summed E-state index contributed by atoms with van der Waals surface area (Å²) in [6.07, 6.45) is 0. The van der Waals surface area contributed by atoms with Crippen molar-refractivity contribution in [3.63, 3.8) is 0 Å². The van der Waals surface area contributed by atoms with E-state index in [0.717, 1.165) is 0 Å². The molecule has 4 N–H and O–H groups in total. The second kappa shape index (κ2) is 6.88. The van der Waals surface area contributed by atoms with E-state index < -0.39 is 0 Å². The first-order chi connectivity index (χ1) is 9.69. The third-order valence-electron chi connectivity index (χ3n) is 2.85. The number of amides is 3. The molecule has 1 atom stereocenters. The molecule has 1 saturated heterocycles. The molecule has 1 heterocycles. The van der Waals surface area contributed by atoms with Gasteiger partial charge in [-0.25, -0.2) is 4.79 Å². The number of benzene rings is 1. The van der Waals surface area contributed by atoms with Crippen molar-refractivity contribution in [3.8, 4) is 0 Å². The summed E-state index contributed by atoms with van der Waals surface area (Å²) in [5.74, 6) is -0.151. The van der Waals surface area contributed by atoms with E-state index in [4.69, 9.17) is 4.74 Å². The molecular weight excluding hydrogens is 260 g/mol. The zero-order chi connectivity index (χ0) is 14.4. The zero-order valence-corrected chi connectivity index (χ0v) is 11.2. The van der Waals surface area contributed by atoms with Crippen LogP contribution in [0.3, 0.4) is 0 Å². The quantitative estimate of drug-likeness (QED) is 0.642. The summed E-state index contributed by atoms with van der Waals surface area (Å²) in [5, 5.41) is 11.0. The summed E-state index contributed by atoms with van der Waals surface area (Å²) in [7, 11) is 1.54. The molecule has 1 fully saturated rings. The lowest BCUT2D eigenvalue weighted by atomic mass is 10.2. The van der Waals surface area contributed by atoms with Crippen molar-refractivity contribution in [1.82, 2.24) is 10.6 Å². The molecule has 1 aliphatic rings. The molecule has 1 aliphatic heterocycles. The van der Waals surface area contributed by atoms with E-state index in [-0.39, 0.29) is 18.0 Å². The van der Waals surface area contributed by atoms with E-state index in [1.165, 1.54) is 7.05 Å². The van der Waals surface area contributed by atoms with Gasteiger partial charge in [0.25, 0.3) is 0 Å². The van der Waals surface area contributed by atoms with Gasteiger partial charge in [0.2, 0.25) is 5.91 Å². The van der Waals surface area contributed by atoms with E-state index in [1.54, 1.807) is 24.3 Å². The highest BCUT2D eigenvalue weighted by Gasteiger charge is 2.21. The van der Waals surface area contributed by atoms with Gasteiger partial charge in [0, 0.05) is 25.0 Å². The summed E-state index contributed by atoms with van der Waals surface area (Å²) < 4.78 is 5.24. The minimum Gasteiger partial charge on any atom is -0.378 e. The first-order valence-electron chi connectivity index (χ1n) is 6.40. The van der Waals surface area contributed by atoms with Crippen molar-refractivity contribution < 1.29 is 14.3 Å². The Labute approximate surface area is 117 Å². The van der Waals surface area contributed by atoms with Crippen molar-refractivity contribution in [2.24, 2.45) is 0 Å². The number of urea groups is 1.